The second-order valence-corrected chi connectivity index (χ2v) is 8.88. The van der Waals surface area contributed by atoms with Crippen LogP contribution in [0.25, 0.3) is 0 Å². The fourth-order valence-corrected chi connectivity index (χ4v) is 4.45. The Kier molecular flexibility index (Phi) is 9.04. The smallest absolute Gasteiger partial charge is 0.193 e. The van der Waals surface area contributed by atoms with E-state index < -0.39 is 0 Å². The molecular weight excluding hydrogens is 476 g/mol. The van der Waals surface area contributed by atoms with Gasteiger partial charge in [0.25, 0.3) is 0 Å². The van der Waals surface area contributed by atoms with Gasteiger partial charge in [-0.1, -0.05) is 24.3 Å². The van der Waals surface area contributed by atoms with Crippen molar-refractivity contribution in [1.82, 2.24) is 0 Å². The van der Waals surface area contributed by atoms with E-state index in [4.69, 9.17) is 18.9 Å². The highest BCUT2D eigenvalue weighted by Crippen LogP contribution is 2.28. The average Bonchev–Trinajstić information content (AvgIpc) is 2.95. The summed E-state index contributed by atoms with van der Waals surface area (Å²) in [6.07, 6.45) is 1.18. The van der Waals surface area contributed by atoms with E-state index in [-0.39, 0.29) is 5.78 Å². The third-order valence-electron chi connectivity index (χ3n) is 6.37. The van der Waals surface area contributed by atoms with E-state index in [1.54, 1.807) is 14.2 Å². The molecule has 0 fully saturated rings. The summed E-state index contributed by atoms with van der Waals surface area (Å²) < 4.78 is 22.1. The molecular formula is C33H34O5. The summed E-state index contributed by atoms with van der Waals surface area (Å²) in [5.74, 6) is 3.06. The summed E-state index contributed by atoms with van der Waals surface area (Å²) in [4.78, 5) is 14.0. The number of rotatable bonds is 12. The lowest BCUT2D eigenvalue weighted by atomic mass is 9.90. The average molecular weight is 511 g/mol. The third kappa shape index (κ3) is 6.54. The van der Waals surface area contributed by atoms with E-state index >= 15 is 0 Å². The topological polar surface area (TPSA) is 54.0 Å². The predicted molar refractivity (Wildman–Crippen MR) is 150 cm³/mol. The number of ketones is 1. The summed E-state index contributed by atoms with van der Waals surface area (Å²) in [5.41, 5.74) is 5.28. The minimum atomic E-state index is -0.0304. The van der Waals surface area contributed by atoms with Gasteiger partial charge in [-0.15, -0.1) is 0 Å². The highest BCUT2D eigenvalue weighted by molar-refractivity contribution is 6.11. The molecule has 0 amide bonds. The van der Waals surface area contributed by atoms with E-state index in [2.05, 4.69) is 0 Å². The van der Waals surface area contributed by atoms with Gasteiger partial charge in [0.1, 0.15) is 23.0 Å². The van der Waals surface area contributed by atoms with Crippen molar-refractivity contribution >= 4 is 5.78 Å². The number of benzene rings is 4. The summed E-state index contributed by atoms with van der Waals surface area (Å²) >= 11 is 0. The SMILES string of the molecule is CCOc1ccc(Cc2cc(OC)ccc2C(=O)c2ccc(OC)cc2Cc2ccc(OCC)cc2)cc1. The van der Waals surface area contributed by atoms with Crippen molar-refractivity contribution in [2.75, 3.05) is 27.4 Å². The molecule has 0 saturated heterocycles. The molecule has 5 nitrogen and oxygen atoms in total. The van der Waals surface area contributed by atoms with Crippen molar-refractivity contribution in [2.45, 2.75) is 26.7 Å². The Morgan fingerprint density at radius 3 is 1.26 bits per heavy atom. The lowest BCUT2D eigenvalue weighted by molar-refractivity contribution is 0.103. The van der Waals surface area contributed by atoms with Gasteiger partial charge in [0.15, 0.2) is 5.78 Å². The van der Waals surface area contributed by atoms with Crippen LogP contribution in [0.3, 0.4) is 0 Å². The van der Waals surface area contributed by atoms with Gasteiger partial charge in [-0.3, -0.25) is 4.79 Å². The van der Waals surface area contributed by atoms with Crippen LogP contribution < -0.4 is 18.9 Å². The monoisotopic (exact) mass is 510 g/mol. The van der Waals surface area contributed by atoms with Crippen LogP contribution in [0.5, 0.6) is 23.0 Å². The van der Waals surface area contributed by atoms with E-state index in [1.807, 2.05) is 98.8 Å². The van der Waals surface area contributed by atoms with E-state index in [1.165, 1.54) is 0 Å². The molecule has 5 heteroatoms. The molecule has 196 valence electrons. The summed E-state index contributed by atoms with van der Waals surface area (Å²) in [6.45, 7) is 5.17. The molecule has 38 heavy (non-hydrogen) atoms. The molecule has 0 aromatic heterocycles. The highest BCUT2D eigenvalue weighted by Gasteiger charge is 2.19. The minimum absolute atomic E-state index is 0.0304. The van der Waals surface area contributed by atoms with E-state index in [0.29, 0.717) is 48.7 Å². The molecule has 0 spiro atoms. The molecule has 0 radical (unpaired) electrons. The first-order valence-corrected chi connectivity index (χ1v) is 12.9. The predicted octanol–water partition coefficient (Wildman–Crippen LogP) is 6.91. The Bertz CT molecular complexity index is 1250. The normalized spacial score (nSPS) is 10.6. The molecule has 4 rings (SSSR count). The first-order chi connectivity index (χ1) is 18.5. The van der Waals surface area contributed by atoms with Crippen molar-refractivity contribution < 1.29 is 23.7 Å². The zero-order valence-corrected chi connectivity index (χ0v) is 22.5. The molecule has 4 aromatic rings. The van der Waals surface area contributed by atoms with Crippen LogP contribution in [0, 0.1) is 0 Å². The van der Waals surface area contributed by atoms with Crippen molar-refractivity contribution in [1.29, 1.82) is 0 Å². The molecule has 0 aliphatic rings. The Morgan fingerprint density at radius 1 is 0.553 bits per heavy atom. The quantitative estimate of drug-likeness (QED) is 0.194. The van der Waals surface area contributed by atoms with Gasteiger partial charge in [0, 0.05) is 11.1 Å². The molecule has 0 heterocycles. The standard InChI is InChI=1S/C33H34O5/c1-5-37-27-11-7-23(8-12-27)19-25-21-29(35-3)15-17-31(25)33(34)32-18-16-30(36-4)22-26(32)20-24-9-13-28(14-10-24)38-6-2/h7-18,21-22H,5-6,19-20H2,1-4H3. The Balaban J connectivity index is 1.68. The van der Waals surface area contributed by atoms with Gasteiger partial charge >= 0.3 is 0 Å². The maximum Gasteiger partial charge on any atom is 0.193 e. The molecule has 0 N–H and O–H groups in total. The molecule has 4 aromatic carbocycles. The number of carbonyl (C=O) groups excluding carboxylic acids is 1. The maximum absolute atomic E-state index is 14.0. The van der Waals surface area contributed by atoms with Crippen LogP contribution in [0.2, 0.25) is 0 Å². The fourth-order valence-electron chi connectivity index (χ4n) is 4.45. The van der Waals surface area contributed by atoms with Gasteiger partial charge in [0.05, 0.1) is 27.4 Å². The van der Waals surface area contributed by atoms with Crippen LogP contribution in [-0.4, -0.2) is 33.2 Å². The lowest BCUT2D eigenvalue weighted by Crippen LogP contribution is -2.10. The number of hydrogen-bond acceptors (Lipinski definition) is 5. The van der Waals surface area contributed by atoms with E-state index in [0.717, 1.165) is 33.8 Å². The Morgan fingerprint density at radius 2 is 0.921 bits per heavy atom. The van der Waals surface area contributed by atoms with Gasteiger partial charge < -0.3 is 18.9 Å². The van der Waals surface area contributed by atoms with Crippen LogP contribution in [0.1, 0.15) is 52.0 Å². The Labute approximate surface area is 225 Å². The van der Waals surface area contributed by atoms with Crippen molar-refractivity contribution in [3.8, 4) is 23.0 Å². The van der Waals surface area contributed by atoms with Crippen LogP contribution >= 0.6 is 0 Å². The second-order valence-electron chi connectivity index (χ2n) is 8.88. The number of carbonyl (C=O) groups is 1. The zero-order chi connectivity index (χ0) is 26.9. The number of hydrogen-bond donors (Lipinski definition) is 0. The van der Waals surface area contributed by atoms with Crippen molar-refractivity contribution in [2.24, 2.45) is 0 Å². The molecule has 0 bridgehead atoms. The lowest BCUT2D eigenvalue weighted by Gasteiger charge is -2.15. The van der Waals surface area contributed by atoms with Crippen LogP contribution in [-0.2, 0) is 12.8 Å². The van der Waals surface area contributed by atoms with Crippen LogP contribution in [0.4, 0.5) is 0 Å². The summed E-state index contributed by atoms with van der Waals surface area (Å²) in [7, 11) is 3.27. The fraction of sp³-hybridized carbons (Fsp3) is 0.242. The minimum Gasteiger partial charge on any atom is -0.497 e. The van der Waals surface area contributed by atoms with Crippen LogP contribution in [0.15, 0.2) is 84.9 Å². The Hall–Kier alpha value is -4.25. The molecule has 0 aliphatic heterocycles. The highest BCUT2D eigenvalue weighted by atomic mass is 16.5. The van der Waals surface area contributed by atoms with Gasteiger partial charge in [0.2, 0.25) is 0 Å². The maximum atomic E-state index is 14.0. The third-order valence-corrected chi connectivity index (χ3v) is 6.37. The summed E-state index contributed by atoms with van der Waals surface area (Å²) in [6, 6.07) is 27.2. The summed E-state index contributed by atoms with van der Waals surface area (Å²) in [5, 5.41) is 0. The largest absolute Gasteiger partial charge is 0.497 e. The van der Waals surface area contributed by atoms with Gasteiger partial charge in [-0.2, -0.15) is 0 Å². The first-order valence-electron chi connectivity index (χ1n) is 12.9. The van der Waals surface area contributed by atoms with Gasteiger partial charge in [-0.05, 0) is 110 Å². The molecule has 0 aliphatic carbocycles. The second kappa shape index (κ2) is 12.8. The van der Waals surface area contributed by atoms with Crippen molar-refractivity contribution in [3.05, 3.63) is 118 Å². The molecule has 0 saturated carbocycles. The number of ether oxygens (including phenoxy) is 4. The van der Waals surface area contributed by atoms with Crippen molar-refractivity contribution in [3.63, 3.8) is 0 Å². The number of methoxy groups -OCH3 is 2. The molecule has 0 unspecified atom stereocenters. The van der Waals surface area contributed by atoms with E-state index in [9.17, 15) is 4.79 Å². The first kappa shape index (κ1) is 26.8. The van der Waals surface area contributed by atoms with Gasteiger partial charge in [-0.25, -0.2) is 0 Å². The zero-order valence-electron chi connectivity index (χ0n) is 22.5. The molecule has 0 atom stereocenters.